The molecule has 2 aromatic carbocycles. The molecular weight excluding hydrogens is 366 g/mol. The number of halogens is 2. The van der Waals surface area contributed by atoms with Gasteiger partial charge in [-0.05, 0) is 0 Å². The average molecular weight is 391 g/mol. The van der Waals surface area contributed by atoms with Crippen LogP contribution in [0.25, 0.3) is 0 Å². The first-order valence-electron chi connectivity index (χ1n) is 7.15. The van der Waals surface area contributed by atoms with Crippen molar-refractivity contribution in [3.63, 3.8) is 0 Å². The zero-order valence-electron chi connectivity index (χ0n) is 12.4. The standard InChI is InChI=1S/C9H13.C8H11.2ClH.Zr/c1-2-3-6-9-7-4-5-8-9;1-2-5-8-6-3-4-7-8;;;/h4-5,7-8H,2-3,6H2,1H3;3-4,6-7H,2,5H2,1H3;2*1H;/q2*-1;;;+4/p-2. The molecule has 0 atom stereocenters. The molecule has 2 aromatic rings. The molecule has 0 heterocycles. The van der Waals surface area contributed by atoms with E-state index in [0.717, 1.165) is 0 Å². The molecule has 0 amide bonds. The predicted molar refractivity (Wildman–Crippen MR) is 88.4 cm³/mol. The van der Waals surface area contributed by atoms with E-state index in [0.29, 0.717) is 0 Å². The molecular formula is C17H24Cl2Zr. The monoisotopic (exact) mass is 388 g/mol. The van der Waals surface area contributed by atoms with E-state index < -0.39 is 20.8 Å². The topological polar surface area (TPSA) is 0 Å². The van der Waals surface area contributed by atoms with E-state index in [1.165, 1.54) is 43.2 Å². The molecule has 3 heteroatoms. The molecule has 0 bridgehead atoms. The van der Waals surface area contributed by atoms with Gasteiger partial charge >= 0.3 is 37.9 Å². The Morgan fingerprint density at radius 3 is 1.50 bits per heavy atom. The summed E-state index contributed by atoms with van der Waals surface area (Å²) >= 11 is -0.826. The number of aryl methyl sites for hydroxylation is 2. The second kappa shape index (κ2) is 15.6. The fourth-order valence-electron chi connectivity index (χ4n) is 1.83. The molecule has 0 radical (unpaired) electrons. The molecule has 0 saturated heterocycles. The van der Waals surface area contributed by atoms with Gasteiger partial charge in [-0.1, -0.05) is 46.0 Å². The summed E-state index contributed by atoms with van der Waals surface area (Å²) in [6, 6.07) is 17.1. The normalized spacial score (nSPS) is 8.80. The van der Waals surface area contributed by atoms with Crippen LogP contribution >= 0.6 is 17.0 Å². The van der Waals surface area contributed by atoms with Crippen LogP contribution in [0, 0.1) is 0 Å². The Hall–Kier alpha value is 0.163. The van der Waals surface area contributed by atoms with Crippen LogP contribution in [0.4, 0.5) is 0 Å². The minimum absolute atomic E-state index is 0.826. The summed E-state index contributed by atoms with van der Waals surface area (Å²) in [4.78, 5) is 0. The SMILES string of the molecule is CCCC[c-]1cccc1.CCC[c-]1cccc1.[Cl][Zr+2][Cl]. The first-order chi connectivity index (χ1) is 9.78. The zero-order chi connectivity index (χ0) is 15.1. The summed E-state index contributed by atoms with van der Waals surface area (Å²) in [6.45, 7) is 4.43. The van der Waals surface area contributed by atoms with Gasteiger partial charge in [0.1, 0.15) is 0 Å². The van der Waals surface area contributed by atoms with Crippen LogP contribution in [0.1, 0.15) is 44.2 Å². The van der Waals surface area contributed by atoms with E-state index in [1.807, 2.05) is 0 Å². The number of unbranched alkanes of at least 4 members (excludes halogenated alkanes) is 1. The Kier molecular flexibility index (Phi) is 15.7. The maximum absolute atomic E-state index is 4.93. The fraction of sp³-hybridized carbons (Fsp3) is 0.412. The van der Waals surface area contributed by atoms with E-state index in [-0.39, 0.29) is 0 Å². The third kappa shape index (κ3) is 11.9. The Morgan fingerprint density at radius 1 is 0.750 bits per heavy atom. The molecule has 0 spiro atoms. The van der Waals surface area contributed by atoms with Crippen LogP contribution < -0.4 is 0 Å². The summed E-state index contributed by atoms with van der Waals surface area (Å²) in [5.41, 5.74) is 2.95. The van der Waals surface area contributed by atoms with Crippen molar-refractivity contribution >= 4 is 17.0 Å². The summed E-state index contributed by atoms with van der Waals surface area (Å²) in [6.07, 6.45) is 6.36. The van der Waals surface area contributed by atoms with Gasteiger partial charge in [-0.15, -0.1) is 0 Å². The van der Waals surface area contributed by atoms with Crippen LogP contribution in [-0.4, -0.2) is 0 Å². The van der Waals surface area contributed by atoms with Crippen molar-refractivity contribution in [1.29, 1.82) is 0 Å². The summed E-state index contributed by atoms with van der Waals surface area (Å²) in [7, 11) is 9.87. The molecule has 0 aliphatic rings. The van der Waals surface area contributed by atoms with Crippen molar-refractivity contribution in [2.24, 2.45) is 0 Å². The fourth-order valence-corrected chi connectivity index (χ4v) is 1.83. The van der Waals surface area contributed by atoms with Gasteiger partial charge in [0, 0.05) is 0 Å². The Bertz CT molecular complexity index is 366. The van der Waals surface area contributed by atoms with Crippen molar-refractivity contribution in [3.8, 4) is 0 Å². The second-order valence-electron chi connectivity index (χ2n) is 4.51. The third-order valence-electron chi connectivity index (χ3n) is 2.82. The first kappa shape index (κ1) is 20.2. The van der Waals surface area contributed by atoms with Gasteiger partial charge in [-0.2, -0.15) is 35.4 Å². The van der Waals surface area contributed by atoms with Gasteiger partial charge < -0.3 is 0 Å². The van der Waals surface area contributed by atoms with E-state index in [4.69, 9.17) is 17.0 Å². The number of hydrogen-bond acceptors (Lipinski definition) is 0. The molecule has 110 valence electrons. The van der Waals surface area contributed by atoms with Crippen LogP contribution in [0.2, 0.25) is 0 Å². The van der Waals surface area contributed by atoms with Crippen LogP contribution in [-0.2, 0) is 33.7 Å². The van der Waals surface area contributed by atoms with Gasteiger partial charge in [0.05, 0.1) is 0 Å². The molecule has 0 aromatic heterocycles. The molecule has 0 saturated carbocycles. The van der Waals surface area contributed by atoms with Gasteiger partial charge in [-0.3, -0.25) is 0 Å². The molecule has 0 nitrogen and oxygen atoms in total. The van der Waals surface area contributed by atoms with Crippen molar-refractivity contribution < 1.29 is 20.8 Å². The molecule has 0 unspecified atom stereocenters. The molecule has 0 aliphatic heterocycles. The molecule has 0 aliphatic carbocycles. The van der Waals surface area contributed by atoms with Crippen molar-refractivity contribution in [2.75, 3.05) is 0 Å². The van der Waals surface area contributed by atoms with Crippen LogP contribution in [0.5, 0.6) is 0 Å². The average Bonchev–Trinajstić information content (AvgIpc) is 3.11. The quantitative estimate of drug-likeness (QED) is 0.512. The minimum atomic E-state index is -0.826. The molecule has 20 heavy (non-hydrogen) atoms. The maximum atomic E-state index is 4.93. The zero-order valence-corrected chi connectivity index (χ0v) is 16.4. The summed E-state index contributed by atoms with van der Waals surface area (Å²) in [5, 5.41) is 0. The van der Waals surface area contributed by atoms with Gasteiger partial charge in [0.15, 0.2) is 0 Å². The predicted octanol–water partition coefficient (Wildman–Crippen LogP) is 6.48. The summed E-state index contributed by atoms with van der Waals surface area (Å²) < 4.78 is 0. The van der Waals surface area contributed by atoms with Gasteiger partial charge in [0.25, 0.3) is 0 Å². The Balaban J connectivity index is 0.000000304. The molecule has 2 rings (SSSR count). The van der Waals surface area contributed by atoms with Gasteiger partial charge in [0.2, 0.25) is 0 Å². The second-order valence-corrected chi connectivity index (χ2v) is 8.24. The first-order valence-corrected chi connectivity index (χ1v) is 13.5. The van der Waals surface area contributed by atoms with Crippen LogP contribution in [0.3, 0.4) is 0 Å². The van der Waals surface area contributed by atoms with E-state index >= 15 is 0 Å². The molecule has 0 N–H and O–H groups in total. The third-order valence-corrected chi connectivity index (χ3v) is 2.82. The van der Waals surface area contributed by atoms with E-state index in [1.54, 1.807) is 0 Å². The van der Waals surface area contributed by atoms with E-state index in [2.05, 4.69) is 62.4 Å². The van der Waals surface area contributed by atoms with E-state index in [9.17, 15) is 0 Å². The van der Waals surface area contributed by atoms with Crippen molar-refractivity contribution in [2.45, 2.75) is 46.0 Å². The molecule has 0 fully saturated rings. The van der Waals surface area contributed by atoms with Gasteiger partial charge in [-0.25, -0.2) is 24.3 Å². The number of rotatable bonds is 5. The Labute approximate surface area is 142 Å². The Morgan fingerprint density at radius 2 is 1.15 bits per heavy atom. The van der Waals surface area contributed by atoms with Crippen LogP contribution in [0.15, 0.2) is 48.5 Å². The van der Waals surface area contributed by atoms with Crippen molar-refractivity contribution in [3.05, 3.63) is 59.7 Å². The van der Waals surface area contributed by atoms with Crippen molar-refractivity contribution in [1.82, 2.24) is 0 Å². The summed E-state index contributed by atoms with van der Waals surface area (Å²) in [5.74, 6) is 0. The number of hydrogen-bond donors (Lipinski definition) is 0.